The molecule has 1 aliphatic rings. The number of aryl methyl sites for hydroxylation is 1. The van der Waals surface area contributed by atoms with Crippen LogP contribution in [0.15, 0.2) is 40.7 Å². The number of nitrogens with one attached hydrogen (secondary N) is 1. The normalized spacial score (nSPS) is 16.1. The molecule has 1 aliphatic heterocycles. The van der Waals surface area contributed by atoms with Gasteiger partial charge >= 0.3 is 0 Å². The molecule has 0 spiro atoms. The monoisotopic (exact) mass is 370 g/mol. The van der Waals surface area contributed by atoms with Crippen molar-refractivity contribution in [3.63, 3.8) is 0 Å². The average molecular weight is 371 g/mol. The van der Waals surface area contributed by atoms with Gasteiger partial charge in [-0.3, -0.25) is 4.99 Å². The van der Waals surface area contributed by atoms with E-state index in [4.69, 9.17) is 4.99 Å². The van der Waals surface area contributed by atoms with Crippen molar-refractivity contribution in [3.8, 4) is 0 Å². The quantitative estimate of drug-likeness (QED) is 0.619. The molecule has 4 nitrogen and oxygen atoms in total. The van der Waals surface area contributed by atoms with Crippen molar-refractivity contribution in [1.82, 2.24) is 15.2 Å². The Bertz CT molecular complexity index is 687. The van der Waals surface area contributed by atoms with E-state index < -0.39 is 0 Å². The minimum Gasteiger partial charge on any atom is -0.357 e. The molecule has 5 heteroatoms. The van der Waals surface area contributed by atoms with E-state index >= 15 is 0 Å². The van der Waals surface area contributed by atoms with Gasteiger partial charge in [0.15, 0.2) is 5.96 Å². The van der Waals surface area contributed by atoms with Crippen LogP contribution in [0.5, 0.6) is 0 Å². The van der Waals surface area contributed by atoms with Crippen molar-refractivity contribution in [3.05, 3.63) is 52.0 Å². The van der Waals surface area contributed by atoms with E-state index in [-0.39, 0.29) is 0 Å². The fraction of sp³-hybridized carbons (Fsp3) is 0.524. The number of benzene rings is 1. The Kier molecular flexibility index (Phi) is 7.06. The second-order valence-corrected chi connectivity index (χ2v) is 8.03. The van der Waals surface area contributed by atoms with Crippen LogP contribution in [-0.4, -0.2) is 42.0 Å². The Balaban J connectivity index is 1.50. The van der Waals surface area contributed by atoms with E-state index in [1.807, 2.05) is 0 Å². The van der Waals surface area contributed by atoms with Gasteiger partial charge in [0.25, 0.3) is 0 Å². The minimum atomic E-state index is 0.787. The van der Waals surface area contributed by atoms with E-state index in [1.54, 1.807) is 11.3 Å². The van der Waals surface area contributed by atoms with Crippen molar-refractivity contribution >= 4 is 17.3 Å². The SMILES string of the molecule is CCNC(=NCCc1csc(C)n1)N1CCC(Cc2ccccc2)CC1. The highest BCUT2D eigenvalue weighted by atomic mass is 32.1. The summed E-state index contributed by atoms with van der Waals surface area (Å²) < 4.78 is 0. The molecule has 2 aromatic rings. The Morgan fingerprint density at radius 3 is 2.69 bits per heavy atom. The third-order valence-electron chi connectivity index (χ3n) is 4.91. The minimum absolute atomic E-state index is 0.787. The van der Waals surface area contributed by atoms with Crippen LogP contribution in [0.1, 0.15) is 36.0 Å². The first-order valence-electron chi connectivity index (χ1n) is 9.72. The van der Waals surface area contributed by atoms with Crippen LogP contribution in [0.3, 0.4) is 0 Å². The lowest BCUT2D eigenvalue weighted by Crippen LogP contribution is -2.46. The van der Waals surface area contributed by atoms with Crippen LogP contribution < -0.4 is 5.32 Å². The summed E-state index contributed by atoms with van der Waals surface area (Å²) in [5, 5.41) is 6.75. The van der Waals surface area contributed by atoms with Gasteiger partial charge in [0.1, 0.15) is 0 Å². The van der Waals surface area contributed by atoms with Gasteiger partial charge < -0.3 is 10.2 Å². The first-order valence-corrected chi connectivity index (χ1v) is 10.6. The van der Waals surface area contributed by atoms with Crippen molar-refractivity contribution in [2.24, 2.45) is 10.9 Å². The van der Waals surface area contributed by atoms with E-state index in [0.29, 0.717) is 0 Å². The van der Waals surface area contributed by atoms with E-state index in [9.17, 15) is 0 Å². The third kappa shape index (κ3) is 5.56. The fourth-order valence-corrected chi connectivity index (χ4v) is 4.17. The third-order valence-corrected chi connectivity index (χ3v) is 5.73. The standard InChI is InChI=1S/C21H30N4S/c1-3-22-21(23-12-9-20-16-26-17(2)24-20)25-13-10-19(11-14-25)15-18-7-5-4-6-8-18/h4-8,16,19H,3,9-15H2,1-2H3,(H,22,23). The number of likely N-dealkylation sites (tertiary alicyclic amines) is 1. The number of guanidine groups is 1. The summed E-state index contributed by atoms with van der Waals surface area (Å²) in [4.78, 5) is 11.8. The second-order valence-electron chi connectivity index (χ2n) is 6.96. The zero-order chi connectivity index (χ0) is 18.2. The predicted octanol–water partition coefficient (Wildman–Crippen LogP) is 3.91. The maximum absolute atomic E-state index is 4.85. The molecule has 1 N–H and O–H groups in total. The Morgan fingerprint density at radius 1 is 1.27 bits per heavy atom. The molecule has 0 unspecified atom stereocenters. The molecule has 0 radical (unpaired) electrons. The summed E-state index contributed by atoms with van der Waals surface area (Å²) in [6, 6.07) is 10.9. The van der Waals surface area contributed by atoms with Crippen LogP contribution in [-0.2, 0) is 12.8 Å². The van der Waals surface area contributed by atoms with Crippen molar-refractivity contribution in [2.75, 3.05) is 26.2 Å². The molecule has 1 aromatic carbocycles. The van der Waals surface area contributed by atoms with Gasteiger partial charge in [-0.15, -0.1) is 11.3 Å². The van der Waals surface area contributed by atoms with Crippen molar-refractivity contribution < 1.29 is 0 Å². The van der Waals surface area contributed by atoms with Gasteiger partial charge in [0, 0.05) is 38.0 Å². The number of nitrogens with zero attached hydrogens (tertiary/aromatic N) is 3. The highest BCUT2D eigenvalue weighted by Crippen LogP contribution is 2.21. The van der Waals surface area contributed by atoms with Crippen molar-refractivity contribution in [1.29, 1.82) is 0 Å². The number of hydrogen-bond donors (Lipinski definition) is 1. The zero-order valence-electron chi connectivity index (χ0n) is 15.9. The van der Waals surface area contributed by atoms with Crippen LogP contribution in [0.25, 0.3) is 0 Å². The van der Waals surface area contributed by atoms with Crippen LogP contribution in [0, 0.1) is 12.8 Å². The highest BCUT2D eigenvalue weighted by Gasteiger charge is 2.21. The molecule has 2 heterocycles. The Hall–Kier alpha value is -1.88. The second kappa shape index (κ2) is 9.72. The number of piperidine rings is 1. The molecule has 140 valence electrons. The summed E-state index contributed by atoms with van der Waals surface area (Å²) in [6.07, 6.45) is 4.60. The molecule has 0 bridgehead atoms. The number of aromatic nitrogens is 1. The maximum Gasteiger partial charge on any atom is 0.193 e. The predicted molar refractivity (Wildman–Crippen MR) is 111 cm³/mol. The molecule has 0 atom stereocenters. The van der Waals surface area contributed by atoms with E-state index in [1.165, 1.54) is 24.8 Å². The number of thiazole rings is 1. The van der Waals surface area contributed by atoms with Crippen molar-refractivity contribution in [2.45, 2.75) is 39.5 Å². The molecule has 0 amide bonds. The number of hydrogen-bond acceptors (Lipinski definition) is 3. The first-order chi connectivity index (χ1) is 12.7. The summed E-state index contributed by atoms with van der Waals surface area (Å²) in [7, 11) is 0. The number of aliphatic imine (C=N–C) groups is 1. The number of rotatable bonds is 6. The largest absolute Gasteiger partial charge is 0.357 e. The van der Waals surface area contributed by atoms with Gasteiger partial charge in [-0.1, -0.05) is 30.3 Å². The molecular formula is C21H30N4S. The van der Waals surface area contributed by atoms with Gasteiger partial charge in [-0.2, -0.15) is 0 Å². The van der Waals surface area contributed by atoms with Crippen LogP contribution in [0.4, 0.5) is 0 Å². The lowest BCUT2D eigenvalue weighted by molar-refractivity contribution is 0.259. The Morgan fingerprint density at radius 2 is 2.04 bits per heavy atom. The van der Waals surface area contributed by atoms with Gasteiger partial charge in [-0.05, 0) is 44.6 Å². The van der Waals surface area contributed by atoms with Crippen LogP contribution >= 0.6 is 11.3 Å². The van der Waals surface area contributed by atoms with Gasteiger partial charge in [0.2, 0.25) is 0 Å². The molecule has 1 saturated heterocycles. The smallest absolute Gasteiger partial charge is 0.193 e. The van der Waals surface area contributed by atoms with Gasteiger partial charge in [0.05, 0.1) is 10.7 Å². The molecule has 0 aliphatic carbocycles. The summed E-state index contributed by atoms with van der Waals surface area (Å²) in [6.45, 7) is 8.11. The average Bonchev–Trinajstić information content (AvgIpc) is 3.08. The fourth-order valence-electron chi connectivity index (χ4n) is 3.52. The van der Waals surface area contributed by atoms with Gasteiger partial charge in [-0.25, -0.2) is 4.98 Å². The van der Waals surface area contributed by atoms with Crippen LogP contribution in [0.2, 0.25) is 0 Å². The summed E-state index contributed by atoms with van der Waals surface area (Å²) >= 11 is 1.72. The van der Waals surface area contributed by atoms with E-state index in [0.717, 1.165) is 55.2 Å². The zero-order valence-corrected chi connectivity index (χ0v) is 16.8. The van der Waals surface area contributed by atoms with E-state index in [2.05, 4.69) is 64.8 Å². The lowest BCUT2D eigenvalue weighted by atomic mass is 9.90. The summed E-state index contributed by atoms with van der Waals surface area (Å²) in [5.41, 5.74) is 2.62. The molecule has 26 heavy (non-hydrogen) atoms. The highest BCUT2D eigenvalue weighted by molar-refractivity contribution is 7.09. The topological polar surface area (TPSA) is 40.5 Å². The maximum atomic E-state index is 4.85. The molecule has 1 aromatic heterocycles. The summed E-state index contributed by atoms with van der Waals surface area (Å²) in [5.74, 6) is 1.85. The lowest BCUT2D eigenvalue weighted by Gasteiger charge is -2.34. The Labute approximate surface area is 161 Å². The molecular weight excluding hydrogens is 340 g/mol. The first kappa shape index (κ1) is 18.9. The molecule has 0 saturated carbocycles. The molecule has 1 fully saturated rings. The molecule has 3 rings (SSSR count).